The van der Waals surface area contributed by atoms with Gasteiger partial charge in [0.25, 0.3) is 0 Å². The first-order valence-corrected chi connectivity index (χ1v) is 5.42. The van der Waals surface area contributed by atoms with Crippen LogP contribution in [-0.2, 0) is 0 Å². The van der Waals surface area contributed by atoms with Gasteiger partial charge >= 0.3 is 0 Å². The fraction of sp³-hybridized carbons (Fsp3) is 1.00. The van der Waals surface area contributed by atoms with Gasteiger partial charge in [-0.15, -0.1) is 0 Å². The van der Waals surface area contributed by atoms with Crippen LogP contribution >= 0.6 is 0 Å². The number of nitrogens with zero attached hydrogens (tertiary/aromatic N) is 1. The van der Waals surface area contributed by atoms with Crippen molar-refractivity contribution in [3.05, 3.63) is 0 Å². The van der Waals surface area contributed by atoms with Crippen molar-refractivity contribution >= 4 is 0 Å². The second kappa shape index (κ2) is 4.40. The van der Waals surface area contributed by atoms with Gasteiger partial charge in [-0.2, -0.15) is 0 Å². The second-order valence-corrected chi connectivity index (χ2v) is 4.46. The van der Waals surface area contributed by atoms with Crippen LogP contribution in [0.3, 0.4) is 0 Å². The number of rotatable bonds is 3. The van der Waals surface area contributed by atoms with Crippen LogP contribution in [-0.4, -0.2) is 49.3 Å². The van der Waals surface area contributed by atoms with E-state index in [1.54, 1.807) is 0 Å². The highest BCUT2D eigenvalue weighted by atomic mass is 16.3. The van der Waals surface area contributed by atoms with Crippen molar-refractivity contribution in [3.63, 3.8) is 0 Å². The Kier molecular flexibility index (Phi) is 3.19. The lowest BCUT2D eigenvalue weighted by molar-refractivity contribution is 0.0377. The molecule has 0 aromatic rings. The summed E-state index contributed by atoms with van der Waals surface area (Å²) in [5, 5.41) is 12.3. The number of aliphatic hydroxyl groups excluding tert-OH is 1. The highest BCUT2D eigenvalue weighted by Gasteiger charge is 2.27. The summed E-state index contributed by atoms with van der Waals surface area (Å²) in [6, 6.07) is 0. The van der Waals surface area contributed by atoms with E-state index in [0.29, 0.717) is 12.5 Å². The molecule has 0 aliphatic carbocycles. The molecule has 3 nitrogen and oxygen atoms in total. The zero-order valence-corrected chi connectivity index (χ0v) is 8.21. The lowest BCUT2D eigenvalue weighted by Crippen LogP contribution is -2.50. The van der Waals surface area contributed by atoms with Crippen LogP contribution in [0.25, 0.3) is 0 Å². The van der Waals surface area contributed by atoms with Crippen molar-refractivity contribution < 1.29 is 5.11 Å². The summed E-state index contributed by atoms with van der Waals surface area (Å²) in [5.74, 6) is 1.47. The Balaban J connectivity index is 1.62. The summed E-state index contributed by atoms with van der Waals surface area (Å²) in [6.45, 7) is 6.28. The SMILES string of the molecule is OCC1CN(CC2CCNCC2)C1. The lowest BCUT2D eigenvalue weighted by Gasteiger charge is -2.41. The molecule has 3 heteroatoms. The molecule has 2 aliphatic rings. The van der Waals surface area contributed by atoms with Gasteiger partial charge in [0.1, 0.15) is 0 Å². The van der Waals surface area contributed by atoms with E-state index in [1.165, 1.54) is 32.5 Å². The maximum atomic E-state index is 8.87. The fourth-order valence-corrected chi connectivity index (χ4v) is 2.37. The topological polar surface area (TPSA) is 35.5 Å². The monoisotopic (exact) mass is 184 g/mol. The molecule has 0 radical (unpaired) electrons. The maximum Gasteiger partial charge on any atom is 0.0483 e. The molecular weight excluding hydrogens is 164 g/mol. The highest BCUT2D eigenvalue weighted by Crippen LogP contribution is 2.20. The van der Waals surface area contributed by atoms with Crippen molar-refractivity contribution in [1.82, 2.24) is 10.2 Å². The third-order valence-corrected chi connectivity index (χ3v) is 3.27. The van der Waals surface area contributed by atoms with Crippen molar-refractivity contribution in [2.45, 2.75) is 12.8 Å². The van der Waals surface area contributed by atoms with Gasteiger partial charge in [0, 0.05) is 32.2 Å². The van der Waals surface area contributed by atoms with E-state index >= 15 is 0 Å². The smallest absolute Gasteiger partial charge is 0.0483 e. The lowest BCUT2D eigenvalue weighted by atomic mass is 9.93. The first-order valence-electron chi connectivity index (χ1n) is 5.42. The van der Waals surface area contributed by atoms with Gasteiger partial charge in [-0.05, 0) is 31.8 Å². The van der Waals surface area contributed by atoms with Crippen molar-refractivity contribution in [1.29, 1.82) is 0 Å². The summed E-state index contributed by atoms with van der Waals surface area (Å²) < 4.78 is 0. The predicted molar refractivity (Wildman–Crippen MR) is 52.6 cm³/mol. The molecule has 0 aromatic heterocycles. The van der Waals surface area contributed by atoms with Crippen LogP contribution in [0, 0.1) is 11.8 Å². The van der Waals surface area contributed by atoms with Crippen LogP contribution < -0.4 is 5.32 Å². The molecule has 2 aliphatic heterocycles. The summed E-state index contributed by atoms with van der Waals surface area (Å²) in [6.07, 6.45) is 2.67. The van der Waals surface area contributed by atoms with Gasteiger partial charge in [0.2, 0.25) is 0 Å². The van der Waals surface area contributed by atoms with Gasteiger partial charge in [0.05, 0.1) is 0 Å². The molecule has 2 fully saturated rings. The Labute approximate surface area is 80.1 Å². The Morgan fingerprint density at radius 2 is 1.85 bits per heavy atom. The Morgan fingerprint density at radius 1 is 1.15 bits per heavy atom. The number of aliphatic hydroxyl groups is 1. The molecule has 2 saturated heterocycles. The Hall–Kier alpha value is -0.120. The standard InChI is InChI=1S/C10H20N2O/c13-8-10-6-12(7-10)5-9-1-3-11-4-2-9/h9-11,13H,1-8H2. The second-order valence-electron chi connectivity index (χ2n) is 4.46. The summed E-state index contributed by atoms with van der Waals surface area (Å²) in [4.78, 5) is 2.48. The quantitative estimate of drug-likeness (QED) is 0.643. The van der Waals surface area contributed by atoms with Crippen molar-refractivity contribution in [2.24, 2.45) is 11.8 Å². The maximum absolute atomic E-state index is 8.87. The number of nitrogens with one attached hydrogen (secondary N) is 1. The first-order chi connectivity index (χ1) is 6.38. The number of piperidine rings is 1. The van der Waals surface area contributed by atoms with E-state index in [2.05, 4.69) is 10.2 Å². The van der Waals surface area contributed by atoms with E-state index in [9.17, 15) is 0 Å². The average Bonchev–Trinajstić information content (AvgIpc) is 2.12. The third kappa shape index (κ3) is 2.42. The number of hydrogen-bond donors (Lipinski definition) is 2. The molecule has 0 atom stereocenters. The van der Waals surface area contributed by atoms with Gasteiger partial charge < -0.3 is 15.3 Å². The Bertz CT molecular complexity index is 151. The zero-order valence-electron chi connectivity index (χ0n) is 8.21. The van der Waals surface area contributed by atoms with E-state index in [4.69, 9.17) is 5.11 Å². The molecule has 76 valence electrons. The van der Waals surface area contributed by atoms with E-state index in [-0.39, 0.29) is 0 Å². The minimum atomic E-state index is 0.378. The normalized spacial score (nSPS) is 27.5. The number of hydrogen-bond acceptors (Lipinski definition) is 3. The predicted octanol–water partition coefficient (Wildman–Crippen LogP) is -0.0899. The molecule has 0 amide bonds. The molecule has 2 N–H and O–H groups in total. The minimum absolute atomic E-state index is 0.378. The van der Waals surface area contributed by atoms with Crippen molar-refractivity contribution in [3.8, 4) is 0 Å². The molecule has 2 heterocycles. The third-order valence-electron chi connectivity index (χ3n) is 3.27. The fourth-order valence-electron chi connectivity index (χ4n) is 2.37. The molecular formula is C10H20N2O. The molecule has 0 spiro atoms. The zero-order chi connectivity index (χ0) is 9.10. The van der Waals surface area contributed by atoms with E-state index in [1.807, 2.05) is 0 Å². The van der Waals surface area contributed by atoms with Gasteiger partial charge in [-0.3, -0.25) is 0 Å². The van der Waals surface area contributed by atoms with E-state index in [0.717, 1.165) is 19.0 Å². The summed E-state index contributed by atoms with van der Waals surface area (Å²) in [5.41, 5.74) is 0. The van der Waals surface area contributed by atoms with E-state index < -0.39 is 0 Å². The van der Waals surface area contributed by atoms with Crippen LogP contribution in [0.1, 0.15) is 12.8 Å². The highest BCUT2D eigenvalue weighted by molar-refractivity contribution is 4.82. The minimum Gasteiger partial charge on any atom is -0.396 e. The first kappa shape index (κ1) is 9.44. The molecule has 2 rings (SSSR count). The van der Waals surface area contributed by atoms with Gasteiger partial charge in [-0.25, -0.2) is 0 Å². The molecule has 13 heavy (non-hydrogen) atoms. The molecule has 0 aromatic carbocycles. The molecule has 0 bridgehead atoms. The number of likely N-dealkylation sites (tertiary alicyclic amines) is 1. The van der Waals surface area contributed by atoms with Crippen LogP contribution in [0.2, 0.25) is 0 Å². The van der Waals surface area contributed by atoms with Crippen LogP contribution in [0.4, 0.5) is 0 Å². The largest absolute Gasteiger partial charge is 0.396 e. The average molecular weight is 184 g/mol. The molecule has 0 unspecified atom stereocenters. The summed E-state index contributed by atoms with van der Waals surface area (Å²) >= 11 is 0. The Morgan fingerprint density at radius 3 is 2.46 bits per heavy atom. The summed E-state index contributed by atoms with van der Waals surface area (Å²) in [7, 11) is 0. The van der Waals surface area contributed by atoms with Crippen LogP contribution in [0.15, 0.2) is 0 Å². The van der Waals surface area contributed by atoms with Gasteiger partial charge in [-0.1, -0.05) is 0 Å². The van der Waals surface area contributed by atoms with Crippen molar-refractivity contribution in [2.75, 3.05) is 39.3 Å². The molecule has 0 saturated carbocycles. The van der Waals surface area contributed by atoms with Gasteiger partial charge in [0.15, 0.2) is 0 Å². The van der Waals surface area contributed by atoms with Crippen LogP contribution in [0.5, 0.6) is 0 Å².